The lowest BCUT2D eigenvalue weighted by Gasteiger charge is -2.36. The van der Waals surface area contributed by atoms with Crippen LogP contribution in [0.1, 0.15) is 74.1 Å². The van der Waals surface area contributed by atoms with Gasteiger partial charge in [0.1, 0.15) is 11.2 Å². The summed E-state index contributed by atoms with van der Waals surface area (Å²) in [6.45, 7) is 15.4. The second-order valence-corrected chi connectivity index (χ2v) is 10.7. The Hall–Kier alpha value is -1.99. The van der Waals surface area contributed by atoms with Gasteiger partial charge in [-0.15, -0.1) is 0 Å². The molecule has 3 amide bonds. The van der Waals surface area contributed by atoms with Crippen LogP contribution in [0.15, 0.2) is 0 Å². The number of rotatable bonds is 4. The van der Waals surface area contributed by atoms with E-state index in [0.717, 1.165) is 19.4 Å². The Bertz CT molecular complexity index is 653. The van der Waals surface area contributed by atoms with Crippen LogP contribution in [-0.4, -0.2) is 71.3 Å². The molecule has 0 bridgehead atoms. The van der Waals surface area contributed by atoms with E-state index in [1.54, 1.807) is 4.90 Å². The summed E-state index contributed by atoms with van der Waals surface area (Å²) in [6.07, 6.45) is 2.48. The van der Waals surface area contributed by atoms with E-state index in [4.69, 9.17) is 9.47 Å². The number of amides is 3. The van der Waals surface area contributed by atoms with Crippen molar-refractivity contribution in [1.82, 2.24) is 15.1 Å². The van der Waals surface area contributed by atoms with E-state index in [2.05, 4.69) is 5.32 Å². The normalized spacial score (nSPS) is 24.7. The predicted octanol–water partition coefficient (Wildman–Crippen LogP) is 3.79. The number of hydrogen-bond donors (Lipinski definition) is 1. The molecule has 3 atom stereocenters. The fraction of sp³-hybridized carbons (Fsp3) is 0.870. The summed E-state index contributed by atoms with van der Waals surface area (Å²) < 4.78 is 10.8. The minimum atomic E-state index is -0.557. The van der Waals surface area contributed by atoms with Crippen molar-refractivity contribution in [1.29, 1.82) is 0 Å². The zero-order chi connectivity index (χ0) is 23.4. The van der Waals surface area contributed by atoms with Crippen molar-refractivity contribution < 1.29 is 23.9 Å². The summed E-state index contributed by atoms with van der Waals surface area (Å²) in [4.78, 5) is 41.5. The summed E-state index contributed by atoms with van der Waals surface area (Å²) in [6, 6.07) is -0.136. The van der Waals surface area contributed by atoms with Crippen molar-refractivity contribution in [2.45, 2.75) is 91.4 Å². The van der Waals surface area contributed by atoms with Gasteiger partial charge in [0, 0.05) is 32.2 Å². The number of ether oxygens (including phenoxy) is 2. The van der Waals surface area contributed by atoms with Crippen LogP contribution in [0.2, 0.25) is 0 Å². The Labute approximate surface area is 187 Å². The molecule has 0 radical (unpaired) electrons. The number of carbonyl (C=O) groups excluding carboxylic acids is 3. The molecule has 8 heteroatoms. The smallest absolute Gasteiger partial charge is 0.410 e. The zero-order valence-electron chi connectivity index (χ0n) is 20.3. The van der Waals surface area contributed by atoms with Gasteiger partial charge in [-0.1, -0.05) is 6.92 Å². The molecule has 8 nitrogen and oxygen atoms in total. The maximum atomic E-state index is 13.3. The van der Waals surface area contributed by atoms with Crippen molar-refractivity contribution in [3.63, 3.8) is 0 Å². The van der Waals surface area contributed by atoms with Gasteiger partial charge in [-0.3, -0.25) is 4.79 Å². The fourth-order valence-corrected chi connectivity index (χ4v) is 4.40. The standard InChI is InChI=1S/C23H41N3O5/c1-8-18-17(11-13-26(18)21(29)31-23(5,6)7)19(27)25-12-9-10-16(15-25)14-24-20(28)30-22(2,3)4/h16-18H,8-15H2,1-7H3,(H,24,28)/t16-,17-,18-/m1/s1. The SMILES string of the molecule is CC[C@@H]1[C@H](C(=O)N2CCC[C@H](CNC(=O)OC(C)(C)C)C2)CCN1C(=O)OC(C)(C)C. The second-order valence-electron chi connectivity index (χ2n) is 10.7. The van der Waals surface area contributed by atoms with Gasteiger partial charge in [-0.25, -0.2) is 9.59 Å². The number of hydrogen-bond acceptors (Lipinski definition) is 5. The number of nitrogens with one attached hydrogen (secondary N) is 1. The van der Waals surface area contributed by atoms with Gasteiger partial charge in [0.05, 0.1) is 5.92 Å². The molecule has 0 aromatic rings. The van der Waals surface area contributed by atoms with E-state index in [1.807, 2.05) is 53.4 Å². The van der Waals surface area contributed by atoms with Crippen LogP contribution in [0.4, 0.5) is 9.59 Å². The number of carbonyl (C=O) groups is 3. The van der Waals surface area contributed by atoms with E-state index in [9.17, 15) is 14.4 Å². The van der Waals surface area contributed by atoms with Crippen LogP contribution in [0.5, 0.6) is 0 Å². The highest BCUT2D eigenvalue weighted by atomic mass is 16.6. The van der Waals surface area contributed by atoms with Gasteiger partial charge in [0.15, 0.2) is 0 Å². The average molecular weight is 440 g/mol. The highest BCUT2D eigenvalue weighted by Crippen LogP contribution is 2.31. The third-order valence-corrected chi connectivity index (χ3v) is 5.67. The van der Waals surface area contributed by atoms with E-state index >= 15 is 0 Å². The molecule has 2 fully saturated rings. The summed E-state index contributed by atoms with van der Waals surface area (Å²) in [5, 5.41) is 2.83. The summed E-state index contributed by atoms with van der Waals surface area (Å²) in [5.74, 6) is 0.114. The van der Waals surface area contributed by atoms with Crippen molar-refractivity contribution in [2.24, 2.45) is 11.8 Å². The molecule has 31 heavy (non-hydrogen) atoms. The molecule has 0 aromatic carbocycles. The van der Waals surface area contributed by atoms with Gasteiger partial charge < -0.3 is 24.6 Å². The summed E-state index contributed by atoms with van der Waals surface area (Å²) >= 11 is 0. The molecule has 2 saturated heterocycles. The molecule has 0 unspecified atom stereocenters. The first-order valence-corrected chi connectivity index (χ1v) is 11.6. The molecule has 178 valence electrons. The molecular weight excluding hydrogens is 398 g/mol. The van der Waals surface area contributed by atoms with Crippen LogP contribution >= 0.6 is 0 Å². The third kappa shape index (κ3) is 7.58. The minimum Gasteiger partial charge on any atom is -0.444 e. The van der Waals surface area contributed by atoms with Crippen molar-refractivity contribution in [3.05, 3.63) is 0 Å². The summed E-state index contributed by atoms with van der Waals surface area (Å²) in [5.41, 5.74) is -1.09. The van der Waals surface area contributed by atoms with E-state index in [-0.39, 0.29) is 29.9 Å². The lowest BCUT2D eigenvalue weighted by atomic mass is 9.93. The molecule has 2 rings (SSSR count). The van der Waals surface area contributed by atoms with Gasteiger partial charge >= 0.3 is 12.2 Å². The highest BCUT2D eigenvalue weighted by molar-refractivity contribution is 5.81. The number of likely N-dealkylation sites (tertiary alicyclic amines) is 2. The second kappa shape index (κ2) is 10.1. The lowest BCUT2D eigenvalue weighted by Crippen LogP contribution is -2.49. The van der Waals surface area contributed by atoms with E-state index in [1.165, 1.54) is 0 Å². The van der Waals surface area contributed by atoms with Crippen LogP contribution < -0.4 is 5.32 Å². The van der Waals surface area contributed by atoms with Crippen LogP contribution in [0.3, 0.4) is 0 Å². The van der Waals surface area contributed by atoms with E-state index < -0.39 is 17.3 Å². The predicted molar refractivity (Wildman–Crippen MR) is 119 cm³/mol. The van der Waals surface area contributed by atoms with Crippen molar-refractivity contribution in [2.75, 3.05) is 26.2 Å². The zero-order valence-corrected chi connectivity index (χ0v) is 20.3. The third-order valence-electron chi connectivity index (χ3n) is 5.67. The molecule has 0 aromatic heterocycles. The Morgan fingerprint density at radius 3 is 2.19 bits per heavy atom. The molecule has 2 aliphatic heterocycles. The first kappa shape index (κ1) is 25.3. The van der Waals surface area contributed by atoms with Crippen LogP contribution in [0.25, 0.3) is 0 Å². The van der Waals surface area contributed by atoms with Crippen LogP contribution in [-0.2, 0) is 14.3 Å². The molecule has 2 heterocycles. The van der Waals surface area contributed by atoms with Crippen LogP contribution in [0, 0.1) is 11.8 Å². The Kier molecular flexibility index (Phi) is 8.22. The first-order valence-electron chi connectivity index (χ1n) is 11.6. The largest absolute Gasteiger partial charge is 0.444 e. The maximum absolute atomic E-state index is 13.3. The molecular formula is C23H41N3O5. The molecule has 0 saturated carbocycles. The molecule has 0 aliphatic carbocycles. The van der Waals surface area contributed by atoms with Crippen molar-refractivity contribution in [3.8, 4) is 0 Å². The molecule has 0 spiro atoms. The number of alkyl carbamates (subject to hydrolysis) is 1. The van der Waals surface area contributed by atoms with Gasteiger partial charge in [-0.05, 0) is 73.1 Å². The molecule has 2 aliphatic rings. The average Bonchev–Trinajstić information content (AvgIpc) is 3.07. The Balaban J connectivity index is 1.93. The van der Waals surface area contributed by atoms with Gasteiger partial charge in [0.25, 0.3) is 0 Å². The first-order chi connectivity index (χ1) is 14.3. The van der Waals surface area contributed by atoms with Crippen molar-refractivity contribution >= 4 is 18.1 Å². The van der Waals surface area contributed by atoms with E-state index in [0.29, 0.717) is 32.5 Å². The lowest BCUT2D eigenvalue weighted by molar-refractivity contribution is -0.138. The fourth-order valence-electron chi connectivity index (χ4n) is 4.40. The minimum absolute atomic E-state index is 0.111. The Morgan fingerprint density at radius 1 is 0.968 bits per heavy atom. The topological polar surface area (TPSA) is 88.2 Å². The Morgan fingerprint density at radius 2 is 1.61 bits per heavy atom. The quantitative estimate of drug-likeness (QED) is 0.720. The summed E-state index contributed by atoms with van der Waals surface area (Å²) in [7, 11) is 0. The molecule has 1 N–H and O–H groups in total. The highest BCUT2D eigenvalue weighted by Gasteiger charge is 2.43. The number of nitrogens with zero attached hydrogens (tertiary/aromatic N) is 2. The van der Waals surface area contributed by atoms with Gasteiger partial charge in [0.2, 0.25) is 5.91 Å². The monoisotopic (exact) mass is 439 g/mol. The van der Waals surface area contributed by atoms with Gasteiger partial charge in [-0.2, -0.15) is 0 Å². The number of piperidine rings is 1. The maximum Gasteiger partial charge on any atom is 0.410 e.